The number of nitrogens with zero attached hydrogens (tertiary/aromatic N) is 1. The summed E-state index contributed by atoms with van der Waals surface area (Å²) in [6.45, 7) is 4.01. The van der Waals surface area contributed by atoms with Gasteiger partial charge in [-0.05, 0) is 55.2 Å². The van der Waals surface area contributed by atoms with Crippen molar-refractivity contribution in [3.8, 4) is 5.75 Å². The van der Waals surface area contributed by atoms with Crippen LogP contribution >= 0.6 is 0 Å². The fourth-order valence-corrected chi connectivity index (χ4v) is 2.56. The fraction of sp³-hybridized carbons (Fsp3) is 0.304. The Kier molecular flexibility index (Phi) is 8.34. The number of carbonyl (C=O) groups excluding carboxylic acids is 1. The Morgan fingerprint density at radius 1 is 1.00 bits per heavy atom. The second kappa shape index (κ2) is 11.0. The zero-order chi connectivity index (χ0) is 18.6. The summed E-state index contributed by atoms with van der Waals surface area (Å²) >= 11 is 0. The van der Waals surface area contributed by atoms with Crippen LogP contribution in [0.15, 0.2) is 65.7 Å². The van der Waals surface area contributed by atoms with Crippen LogP contribution in [0.1, 0.15) is 50.7 Å². The first-order valence-electron chi connectivity index (χ1n) is 9.29. The molecule has 0 spiro atoms. The Morgan fingerprint density at radius 2 is 1.73 bits per heavy atom. The number of benzene rings is 2. The van der Waals surface area contributed by atoms with Crippen molar-refractivity contribution in [3.05, 3.63) is 71.8 Å². The summed E-state index contributed by atoms with van der Waals surface area (Å²) < 4.78 is 5.16. The first kappa shape index (κ1) is 19.6. The first-order chi connectivity index (χ1) is 12.7. The lowest BCUT2D eigenvalue weighted by molar-refractivity contribution is -0.129. The maximum atomic E-state index is 11.4. The van der Waals surface area contributed by atoms with Crippen LogP contribution in [0.4, 0.5) is 5.69 Å². The summed E-state index contributed by atoms with van der Waals surface area (Å²) in [6, 6.07) is 15.7. The summed E-state index contributed by atoms with van der Waals surface area (Å²) in [5.74, 6) is 0.137. The van der Waals surface area contributed by atoms with Gasteiger partial charge in [0.25, 0.3) is 0 Å². The van der Waals surface area contributed by atoms with Crippen molar-refractivity contribution < 1.29 is 9.53 Å². The highest BCUT2D eigenvalue weighted by Crippen LogP contribution is 2.18. The van der Waals surface area contributed by atoms with Crippen molar-refractivity contribution >= 4 is 17.9 Å². The predicted octanol–water partition coefficient (Wildman–Crippen LogP) is 6.04. The van der Waals surface area contributed by atoms with Gasteiger partial charge in [0.2, 0.25) is 0 Å². The van der Waals surface area contributed by atoms with Crippen LogP contribution in [0, 0.1) is 0 Å². The lowest BCUT2D eigenvalue weighted by Crippen LogP contribution is -2.02. The molecule has 0 amide bonds. The van der Waals surface area contributed by atoms with E-state index in [4.69, 9.17) is 4.74 Å². The summed E-state index contributed by atoms with van der Waals surface area (Å²) in [7, 11) is 0. The Morgan fingerprint density at radius 3 is 2.38 bits per heavy atom. The van der Waals surface area contributed by atoms with E-state index in [1.807, 2.05) is 18.3 Å². The van der Waals surface area contributed by atoms with E-state index in [2.05, 4.69) is 36.2 Å². The topological polar surface area (TPSA) is 38.7 Å². The number of carbonyl (C=O) groups is 1. The lowest BCUT2D eigenvalue weighted by atomic mass is 10.0. The van der Waals surface area contributed by atoms with Crippen molar-refractivity contribution in [2.75, 3.05) is 0 Å². The summed E-state index contributed by atoms with van der Waals surface area (Å²) in [5, 5.41) is 0. The number of hydrogen-bond acceptors (Lipinski definition) is 3. The Balaban J connectivity index is 1.87. The number of hydrogen-bond donors (Lipinski definition) is 0. The molecule has 0 aliphatic rings. The minimum absolute atomic E-state index is 0.376. The van der Waals surface area contributed by atoms with E-state index in [-0.39, 0.29) is 5.97 Å². The third kappa shape index (κ3) is 7.06. The van der Waals surface area contributed by atoms with E-state index in [9.17, 15) is 4.79 Å². The van der Waals surface area contributed by atoms with Crippen molar-refractivity contribution in [2.45, 2.75) is 46.0 Å². The molecule has 0 aliphatic heterocycles. The number of rotatable bonds is 9. The Hall–Kier alpha value is -2.68. The molecule has 2 rings (SSSR count). The second-order valence-corrected chi connectivity index (χ2v) is 6.23. The van der Waals surface area contributed by atoms with Crippen LogP contribution in [-0.4, -0.2) is 12.2 Å². The number of aliphatic imine (C=N–C) groups is 1. The van der Waals surface area contributed by atoms with Crippen LogP contribution in [0.3, 0.4) is 0 Å². The van der Waals surface area contributed by atoms with E-state index in [1.54, 1.807) is 25.1 Å². The number of allylic oxidation sites excluding steroid dienone is 1. The van der Waals surface area contributed by atoms with Crippen molar-refractivity contribution in [1.82, 2.24) is 0 Å². The van der Waals surface area contributed by atoms with E-state index in [1.165, 1.54) is 37.3 Å². The Bertz CT molecular complexity index is 728. The van der Waals surface area contributed by atoms with Gasteiger partial charge in [-0.25, -0.2) is 4.79 Å². The molecule has 3 heteroatoms. The molecule has 2 aromatic rings. The smallest absolute Gasteiger partial charge is 0.335 e. The van der Waals surface area contributed by atoms with Crippen molar-refractivity contribution in [2.24, 2.45) is 4.99 Å². The predicted molar refractivity (Wildman–Crippen MR) is 108 cm³/mol. The molecule has 0 aromatic heterocycles. The minimum Gasteiger partial charge on any atom is -0.423 e. The van der Waals surface area contributed by atoms with Gasteiger partial charge in [-0.2, -0.15) is 0 Å². The molecule has 0 radical (unpaired) electrons. The molecule has 2 aromatic carbocycles. The van der Waals surface area contributed by atoms with Gasteiger partial charge in [-0.1, -0.05) is 56.5 Å². The first-order valence-corrected chi connectivity index (χ1v) is 9.29. The van der Waals surface area contributed by atoms with Crippen molar-refractivity contribution in [3.63, 3.8) is 0 Å². The van der Waals surface area contributed by atoms with Crippen LogP contribution in [0.5, 0.6) is 5.75 Å². The zero-order valence-electron chi connectivity index (χ0n) is 15.7. The van der Waals surface area contributed by atoms with Crippen LogP contribution in [-0.2, 0) is 11.2 Å². The summed E-state index contributed by atoms with van der Waals surface area (Å²) in [6.07, 6.45) is 11.2. The van der Waals surface area contributed by atoms with E-state index in [0.29, 0.717) is 5.75 Å². The van der Waals surface area contributed by atoms with Gasteiger partial charge in [-0.3, -0.25) is 4.99 Å². The maximum absolute atomic E-state index is 11.4. The highest BCUT2D eigenvalue weighted by Gasteiger charge is 2.00. The summed E-state index contributed by atoms with van der Waals surface area (Å²) in [5.41, 5.74) is 3.27. The molecule has 0 aliphatic carbocycles. The van der Waals surface area contributed by atoms with Crippen LogP contribution in [0.25, 0.3) is 0 Å². The van der Waals surface area contributed by atoms with Crippen molar-refractivity contribution in [1.29, 1.82) is 0 Å². The fourth-order valence-electron chi connectivity index (χ4n) is 2.56. The molecule has 0 saturated carbocycles. The number of unbranched alkanes of at least 4 members (excludes halogenated alkanes) is 3. The highest BCUT2D eigenvalue weighted by atomic mass is 16.5. The van der Waals surface area contributed by atoms with E-state index < -0.39 is 0 Å². The van der Waals surface area contributed by atoms with Gasteiger partial charge < -0.3 is 4.74 Å². The maximum Gasteiger partial charge on any atom is 0.335 e. The number of ether oxygens (including phenoxy) is 1. The molecule has 26 heavy (non-hydrogen) atoms. The molecule has 0 fully saturated rings. The molecule has 0 saturated heterocycles. The number of esters is 1. The highest BCUT2D eigenvalue weighted by molar-refractivity contribution is 5.84. The van der Waals surface area contributed by atoms with E-state index in [0.717, 1.165) is 17.7 Å². The second-order valence-electron chi connectivity index (χ2n) is 6.23. The average molecular weight is 349 g/mol. The molecule has 0 unspecified atom stereocenters. The molecule has 136 valence electrons. The SMILES string of the molecule is CC=CC(=O)Oc1ccc(N=Cc2ccc(CCCCCC)cc2)cc1. The zero-order valence-corrected chi connectivity index (χ0v) is 15.7. The van der Waals surface area contributed by atoms with Crippen LogP contribution in [0.2, 0.25) is 0 Å². The van der Waals surface area contributed by atoms with Gasteiger partial charge in [0.15, 0.2) is 0 Å². The van der Waals surface area contributed by atoms with Gasteiger partial charge in [0.05, 0.1) is 5.69 Å². The van der Waals surface area contributed by atoms with Gasteiger partial charge >= 0.3 is 5.97 Å². The van der Waals surface area contributed by atoms with E-state index >= 15 is 0 Å². The molecule has 0 bridgehead atoms. The molecule has 0 atom stereocenters. The summed E-state index contributed by atoms with van der Waals surface area (Å²) in [4.78, 5) is 15.9. The third-order valence-corrected chi connectivity index (χ3v) is 4.02. The largest absolute Gasteiger partial charge is 0.423 e. The van der Waals surface area contributed by atoms with Gasteiger partial charge in [0.1, 0.15) is 5.75 Å². The monoisotopic (exact) mass is 349 g/mol. The molecular weight excluding hydrogens is 322 g/mol. The Labute approximate surface area is 156 Å². The molecule has 3 nitrogen and oxygen atoms in total. The minimum atomic E-state index is -0.376. The van der Waals surface area contributed by atoms with Gasteiger partial charge in [-0.15, -0.1) is 0 Å². The molecule has 0 heterocycles. The van der Waals surface area contributed by atoms with Gasteiger partial charge in [0, 0.05) is 12.3 Å². The van der Waals surface area contributed by atoms with Crippen LogP contribution < -0.4 is 4.74 Å². The normalized spacial score (nSPS) is 11.3. The molecular formula is C23H27NO2. The number of aryl methyl sites for hydroxylation is 1. The standard InChI is InChI=1S/C23H27NO2/c1-3-5-6-7-9-19-10-12-20(13-11-19)18-24-21-14-16-22(17-15-21)26-23(25)8-4-2/h4,8,10-18H,3,5-7,9H2,1-2H3. The quantitative estimate of drug-likeness (QED) is 0.182. The lowest BCUT2D eigenvalue weighted by Gasteiger charge is -2.02. The molecule has 0 N–H and O–H groups in total. The third-order valence-electron chi connectivity index (χ3n) is 4.02. The average Bonchev–Trinajstić information content (AvgIpc) is 2.66.